The van der Waals surface area contributed by atoms with E-state index in [0.29, 0.717) is 4.91 Å². The molecule has 1 aliphatic rings. The Morgan fingerprint density at radius 1 is 1.38 bits per heavy atom. The first-order chi connectivity index (χ1) is 7.79. The molecule has 1 aliphatic heterocycles. The summed E-state index contributed by atoms with van der Waals surface area (Å²) in [6.45, 7) is 2.05. The van der Waals surface area contributed by atoms with Crippen LogP contribution in [0.25, 0.3) is 6.08 Å². The summed E-state index contributed by atoms with van der Waals surface area (Å²) in [6, 6.07) is 9.83. The van der Waals surface area contributed by atoms with Crippen LogP contribution >= 0.6 is 23.5 Å². The predicted octanol–water partition coefficient (Wildman–Crippen LogP) is 3.41. The van der Waals surface area contributed by atoms with Crippen LogP contribution in [0.5, 0.6) is 0 Å². The SMILES string of the molecule is CCSC1=NC(=O)C(=Cc2ccccc2)S1. The van der Waals surface area contributed by atoms with Crippen LogP contribution in [0.3, 0.4) is 0 Å². The molecule has 82 valence electrons. The molecule has 16 heavy (non-hydrogen) atoms. The van der Waals surface area contributed by atoms with Gasteiger partial charge in [0.1, 0.15) is 4.38 Å². The Balaban J connectivity index is 2.14. The first-order valence-electron chi connectivity index (χ1n) is 5.00. The van der Waals surface area contributed by atoms with E-state index in [2.05, 4.69) is 11.9 Å². The van der Waals surface area contributed by atoms with Gasteiger partial charge in [-0.2, -0.15) is 4.99 Å². The zero-order chi connectivity index (χ0) is 11.4. The fourth-order valence-corrected chi connectivity index (χ4v) is 3.17. The number of amides is 1. The Labute approximate surface area is 103 Å². The molecule has 0 fully saturated rings. The van der Waals surface area contributed by atoms with Crippen molar-refractivity contribution in [3.8, 4) is 0 Å². The highest BCUT2D eigenvalue weighted by Crippen LogP contribution is 2.33. The van der Waals surface area contributed by atoms with Crippen molar-refractivity contribution >= 4 is 39.9 Å². The van der Waals surface area contributed by atoms with Crippen molar-refractivity contribution in [2.45, 2.75) is 6.92 Å². The maximum Gasteiger partial charge on any atom is 0.285 e. The van der Waals surface area contributed by atoms with Crippen LogP contribution in [0.4, 0.5) is 0 Å². The zero-order valence-electron chi connectivity index (χ0n) is 8.84. The Morgan fingerprint density at radius 2 is 2.12 bits per heavy atom. The number of carbonyl (C=O) groups is 1. The van der Waals surface area contributed by atoms with E-state index in [1.807, 2.05) is 36.4 Å². The molecule has 1 aromatic rings. The molecule has 0 saturated carbocycles. The van der Waals surface area contributed by atoms with E-state index in [1.165, 1.54) is 11.8 Å². The van der Waals surface area contributed by atoms with Crippen molar-refractivity contribution in [3.05, 3.63) is 40.8 Å². The summed E-state index contributed by atoms with van der Waals surface area (Å²) in [7, 11) is 0. The summed E-state index contributed by atoms with van der Waals surface area (Å²) in [5.41, 5.74) is 1.04. The number of benzene rings is 1. The summed E-state index contributed by atoms with van der Waals surface area (Å²) in [4.78, 5) is 16.3. The summed E-state index contributed by atoms with van der Waals surface area (Å²) in [5, 5.41) is 0. The van der Waals surface area contributed by atoms with Gasteiger partial charge in [-0.1, -0.05) is 60.8 Å². The van der Waals surface area contributed by atoms with Gasteiger partial charge in [0.25, 0.3) is 5.91 Å². The van der Waals surface area contributed by atoms with Crippen LogP contribution in [-0.4, -0.2) is 16.0 Å². The van der Waals surface area contributed by atoms with Crippen molar-refractivity contribution in [3.63, 3.8) is 0 Å². The molecule has 1 aromatic carbocycles. The highest BCUT2D eigenvalue weighted by molar-refractivity contribution is 8.41. The average molecular weight is 249 g/mol. The van der Waals surface area contributed by atoms with E-state index < -0.39 is 0 Å². The highest BCUT2D eigenvalue weighted by atomic mass is 32.2. The maximum absolute atomic E-state index is 11.6. The third-order valence-electron chi connectivity index (χ3n) is 1.97. The van der Waals surface area contributed by atoms with E-state index in [-0.39, 0.29) is 5.91 Å². The van der Waals surface area contributed by atoms with Gasteiger partial charge in [0, 0.05) is 0 Å². The number of rotatable bonds is 2. The molecule has 2 nitrogen and oxygen atoms in total. The second kappa shape index (κ2) is 5.37. The van der Waals surface area contributed by atoms with E-state index in [1.54, 1.807) is 11.8 Å². The van der Waals surface area contributed by atoms with Crippen molar-refractivity contribution in [1.82, 2.24) is 0 Å². The molecule has 0 atom stereocenters. The summed E-state index contributed by atoms with van der Waals surface area (Å²) in [6.07, 6.45) is 1.89. The maximum atomic E-state index is 11.6. The monoisotopic (exact) mass is 249 g/mol. The van der Waals surface area contributed by atoms with Crippen molar-refractivity contribution < 1.29 is 4.79 Å². The highest BCUT2D eigenvalue weighted by Gasteiger charge is 2.21. The minimum Gasteiger partial charge on any atom is -0.266 e. The topological polar surface area (TPSA) is 29.4 Å². The molecular weight excluding hydrogens is 238 g/mol. The Kier molecular flexibility index (Phi) is 3.85. The second-order valence-corrected chi connectivity index (χ2v) is 5.68. The molecule has 0 radical (unpaired) electrons. The van der Waals surface area contributed by atoms with Crippen LogP contribution in [0, 0.1) is 0 Å². The molecule has 0 unspecified atom stereocenters. The van der Waals surface area contributed by atoms with Gasteiger partial charge in [0.15, 0.2) is 0 Å². The molecule has 0 aromatic heterocycles. The second-order valence-electron chi connectivity index (χ2n) is 3.14. The molecule has 2 rings (SSSR count). The van der Waals surface area contributed by atoms with Gasteiger partial charge in [-0.3, -0.25) is 4.79 Å². The molecule has 1 amide bonds. The average Bonchev–Trinajstić information content (AvgIpc) is 2.61. The van der Waals surface area contributed by atoms with Crippen molar-refractivity contribution in [2.24, 2.45) is 4.99 Å². The first-order valence-corrected chi connectivity index (χ1v) is 6.80. The van der Waals surface area contributed by atoms with Gasteiger partial charge in [-0.25, -0.2) is 0 Å². The molecular formula is C12H11NOS2. The lowest BCUT2D eigenvalue weighted by Gasteiger charge is -1.95. The lowest BCUT2D eigenvalue weighted by atomic mass is 10.2. The number of thioether (sulfide) groups is 2. The number of carbonyl (C=O) groups excluding carboxylic acids is 1. The molecule has 0 N–H and O–H groups in total. The predicted molar refractivity (Wildman–Crippen MR) is 72.6 cm³/mol. The van der Waals surface area contributed by atoms with Gasteiger partial charge in [0.05, 0.1) is 4.91 Å². The Morgan fingerprint density at radius 3 is 2.81 bits per heavy atom. The molecule has 1 heterocycles. The largest absolute Gasteiger partial charge is 0.285 e. The molecule has 0 saturated heterocycles. The fourth-order valence-electron chi connectivity index (χ4n) is 1.28. The first kappa shape index (κ1) is 11.5. The normalized spacial score (nSPS) is 17.9. The zero-order valence-corrected chi connectivity index (χ0v) is 10.5. The minimum absolute atomic E-state index is 0.121. The standard InChI is InChI=1S/C12H11NOS2/c1-2-15-12-13-11(14)10(16-12)8-9-6-4-3-5-7-9/h3-8H,2H2,1H3. The van der Waals surface area contributed by atoms with E-state index >= 15 is 0 Å². The van der Waals surface area contributed by atoms with Crippen LogP contribution in [-0.2, 0) is 4.79 Å². The third-order valence-corrected chi connectivity index (χ3v) is 3.97. The number of hydrogen-bond acceptors (Lipinski definition) is 3. The molecule has 0 spiro atoms. The number of nitrogens with zero attached hydrogens (tertiary/aromatic N) is 1. The molecule has 4 heteroatoms. The van der Waals surface area contributed by atoms with Gasteiger partial charge < -0.3 is 0 Å². The molecule has 0 bridgehead atoms. The van der Waals surface area contributed by atoms with Gasteiger partial charge in [0.2, 0.25) is 0 Å². The quantitative estimate of drug-likeness (QED) is 0.752. The van der Waals surface area contributed by atoms with Crippen LogP contribution in [0.2, 0.25) is 0 Å². The van der Waals surface area contributed by atoms with Gasteiger partial charge in [-0.15, -0.1) is 0 Å². The van der Waals surface area contributed by atoms with E-state index in [0.717, 1.165) is 15.7 Å². The van der Waals surface area contributed by atoms with Crippen LogP contribution in [0.15, 0.2) is 40.2 Å². The summed E-state index contributed by atoms with van der Waals surface area (Å²) < 4.78 is 0.856. The number of aliphatic imine (C=N–C) groups is 1. The van der Waals surface area contributed by atoms with Crippen LogP contribution < -0.4 is 0 Å². The third kappa shape index (κ3) is 2.77. The lowest BCUT2D eigenvalue weighted by molar-refractivity contribution is -0.113. The lowest BCUT2D eigenvalue weighted by Crippen LogP contribution is -1.87. The van der Waals surface area contributed by atoms with Gasteiger partial charge in [-0.05, 0) is 17.4 Å². The molecule has 0 aliphatic carbocycles. The summed E-state index contributed by atoms with van der Waals surface area (Å²) >= 11 is 3.07. The Hall–Kier alpha value is -1.00. The van der Waals surface area contributed by atoms with Crippen molar-refractivity contribution in [1.29, 1.82) is 0 Å². The van der Waals surface area contributed by atoms with E-state index in [4.69, 9.17) is 0 Å². The summed E-state index contributed by atoms with van der Waals surface area (Å²) in [5.74, 6) is 0.822. The van der Waals surface area contributed by atoms with Crippen LogP contribution in [0.1, 0.15) is 12.5 Å². The minimum atomic E-state index is -0.121. The van der Waals surface area contributed by atoms with E-state index in [9.17, 15) is 4.79 Å². The smallest absolute Gasteiger partial charge is 0.266 e. The Bertz CT molecular complexity index is 451. The van der Waals surface area contributed by atoms with Gasteiger partial charge >= 0.3 is 0 Å². The fraction of sp³-hybridized carbons (Fsp3) is 0.167. The van der Waals surface area contributed by atoms with Crippen molar-refractivity contribution in [2.75, 3.05) is 5.75 Å². The number of hydrogen-bond donors (Lipinski definition) is 0.